The summed E-state index contributed by atoms with van der Waals surface area (Å²) in [4.78, 5) is 25.9. The topological polar surface area (TPSA) is 106 Å². The van der Waals surface area contributed by atoms with Gasteiger partial charge >= 0.3 is 5.97 Å². The van der Waals surface area contributed by atoms with E-state index < -0.39 is 11.9 Å². The van der Waals surface area contributed by atoms with Gasteiger partial charge in [-0.15, -0.1) is 0 Å². The van der Waals surface area contributed by atoms with Crippen LogP contribution in [0.25, 0.3) is 22.1 Å². The van der Waals surface area contributed by atoms with Gasteiger partial charge in [-0.2, -0.15) is 0 Å². The molecule has 40 heavy (non-hydrogen) atoms. The molecule has 7 nitrogen and oxygen atoms in total. The zero-order valence-corrected chi connectivity index (χ0v) is 23.0. The Balaban J connectivity index is 1.63. The molecule has 4 rings (SSSR count). The molecule has 7 heteroatoms. The lowest BCUT2D eigenvalue weighted by Crippen LogP contribution is -2.12. The van der Waals surface area contributed by atoms with E-state index in [0.717, 1.165) is 24.2 Å². The summed E-state index contributed by atoms with van der Waals surface area (Å²) in [7, 11) is 1.31. The number of methoxy groups -OCH3 is 1. The van der Waals surface area contributed by atoms with Crippen LogP contribution < -0.4 is 10.2 Å². The molecule has 1 atom stereocenters. The van der Waals surface area contributed by atoms with E-state index in [0.29, 0.717) is 23.3 Å². The van der Waals surface area contributed by atoms with Gasteiger partial charge in [0.15, 0.2) is 0 Å². The van der Waals surface area contributed by atoms with Crippen LogP contribution in [-0.4, -0.2) is 29.9 Å². The fourth-order valence-corrected chi connectivity index (χ4v) is 4.89. The second kappa shape index (κ2) is 13.7. The molecular formula is C33H36O7. The van der Waals surface area contributed by atoms with Crippen molar-refractivity contribution in [1.82, 2.24) is 0 Å². The number of esters is 1. The van der Waals surface area contributed by atoms with Gasteiger partial charge in [-0.1, -0.05) is 63.3 Å². The summed E-state index contributed by atoms with van der Waals surface area (Å²) in [6.45, 7) is 2.84. The summed E-state index contributed by atoms with van der Waals surface area (Å²) in [5.41, 5.74) is 1.89. The summed E-state index contributed by atoms with van der Waals surface area (Å²) >= 11 is 0. The predicted octanol–water partition coefficient (Wildman–Crippen LogP) is 7.31. The van der Waals surface area contributed by atoms with Crippen LogP contribution in [0, 0.1) is 0 Å². The van der Waals surface area contributed by atoms with Crippen molar-refractivity contribution in [3.8, 4) is 28.4 Å². The summed E-state index contributed by atoms with van der Waals surface area (Å²) in [5, 5.41) is 20.8. The van der Waals surface area contributed by atoms with Crippen molar-refractivity contribution in [3.63, 3.8) is 0 Å². The van der Waals surface area contributed by atoms with Crippen LogP contribution in [0.5, 0.6) is 17.2 Å². The normalized spacial score (nSPS) is 11.8. The number of unbranched alkanes of at least 4 members (excludes halogenated alkanes) is 5. The minimum absolute atomic E-state index is 0.0649. The van der Waals surface area contributed by atoms with Crippen LogP contribution in [0.1, 0.15) is 68.9 Å². The van der Waals surface area contributed by atoms with Gasteiger partial charge in [0.1, 0.15) is 29.1 Å². The zero-order valence-electron chi connectivity index (χ0n) is 23.0. The number of ether oxygens (including phenoxy) is 2. The number of aromatic hydroxyl groups is 2. The molecule has 0 aliphatic heterocycles. The lowest BCUT2D eigenvalue weighted by molar-refractivity contribution is -0.140. The summed E-state index contributed by atoms with van der Waals surface area (Å²) < 4.78 is 16.8. The Bertz CT molecular complexity index is 1470. The molecule has 1 aromatic heterocycles. The highest BCUT2D eigenvalue weighted by Crippen LogP contribution is 2.40. The average Bonchev–Trinajstić information content (AvgIpc) is 2.97. The maximum absolute atomic E-state index is 13.4. The Morgan fingerprint density at radius 2 is 1.60 bits per heavy atom. The number of carbonyl (C=O) groups excluding carboxylic acids is 1. The third-order valence-corrected chi connectivity index (χ3v) is 7.13. The standard InChI is InChI=1S/C33H36O7/c1-3-4-5-6-7-8-19-39-25-15-11-22(12-16-25)27(20-30(36)38-2)31-29(35)18-17-26-32(37)28(21-40-33(26)31)23-9-13-24(34)14-10-23/h9-18,21,27,34-35H,3-8,19-20H2,1-2H3/t27-/m1/s1. The first-order valence-corrected chi connectivity index (χ1v) is 13.8. The Hall–Kier alpha value is -4.26. The predicted molar refractivity (Wildman–Crippen MR) is 155 cm³/mol. The molecule has 3 aromatic carbocycles. The molecule has 1 heterocycles. The van der Waals surface area contributed by atoms with Gasteiger partial charge in [-0.05, 0) is 53.9 Å². The van der Waals surface area contributed by atoms with Gasteiger partial charge in [0.2, 0.25) is 5.43 Å². The Morgan fingerprint density at radius 1 is 0.900 bits per heavy atom. The first kappa shape index (κ1) is 28.7. The molecule has 2 N–H and O–H groups in total. The molecule has 4 aromatic rings. The lowest BCUT2D eigenvalue weighted by Gasteiger charge is -2.20. The monoisotopic (exact) mass is 544 g/mol. The maximum atomic E-state index is 13.4. The SMILES string of the molecule is CCCCCCCCOc1ccc([C@@H](CC(=O)OC)c2c(O)ccc3c(=O)c(-c4ccc(O)cc4)coc23)cc1. The Morgan fingerprint density at radius 3 is 2.30 bits per heavy atom. The fraction of sp³-hybridized carbons (Fsp3) is 0.333. The highest BCUT2D eigenvalue weighted by Gasteiger charge is 2.26. The highest BCUT2D eigenvalue weighted by atomic mass is 16.5. The zero-order chi connectivity index (χ0) is 28.5. The Kier molecular flexibility index (Phi) is 9.84. The number of phenolic OH excluding ortho intramolecular Hbond substituents is 2. The van der Waals surface area contributed by atoms with Crippen molar-refractivity contribution in [2.45, 2.75) is 57.8 Å². The van der Waals surface area contributed by atoms with E-state index >= 15 is 0 Å². The summed E-state index contributed by atoms with van der Waals surface area (Å²) in [5.74, 6) is -0.378. The molecule has 0 saturated carbocycles. The van der Waals surface area contributed by atoms with E-state index in [1.807, 2.05) is 24.3 Å². The molecular weight excluding hydrogens is 508 g/mol. The van der Waals surface area contributed by atoms with Crippen molar-refractivity contribution in [3.05, 3.63) is 88.3 Å². The molecule has 0 aliphatic rings. The van der Waals surface area contributed by atoms with Crippen LogP contribution in [-0.2, 0) is 9.53 Å². The van der Waals surface area contributed by atoms with E-state index in [1.165, 1.54) is 63.3 Å². The van der Waals surface area contributed by atoms with Crippen molar-refractivity contribution in [2.24, 2.45) is 0 Å². The van der Waals surface area contributed by atoms with Crippen LogP contribution in [0.15, 0.2) is 76.1 Å². The molecule has 0 fully saturated rings. The minimum atomic E-state index is -0.633. The molecule has 210 valence electrons. The molecule has 0 spiro atoms. The van der Waals surface area contributed by atoms with Gasteiger partial charge < -0.3 is 24.1 Å². The maximum Gasteiger partial charge on any atom is 0.306 e. The minimum Gasteiger partial charge on any atom is -0.508 e. The first-order valence-electron chi connectivity index (χ1n) is 13.8. The highest BCUT2D eigenvalue weighted by molar-refractivity contribution is 5.87. The van der Waals surface area contributed by atoms with Crippen molar-refractivity contribution < 1.29 is 28.9 Å². The van der Waals surface area contributed by atoms with Crippen molar-refractivity contribution >= 4 is 16.9 Å². The molecule has 0 amide bonds. The van der Waals surface area contributed by atoms with Crippen LogP contribution in [0.3, 0.4) is 0 Å². The van der Waals surface area contributed by atoms with Gasteiger partial charge in [0, 0.05) is 11.5 Å². The molecule has 0 unspecified atom stereocenters. The van der Waals surface area contributed by atoms with Crippen LogP contribution in [0.2, 0.25) is 0 Å². The van der Waals surface area contributed by atoms with E-state index in [1.54, 1.807) is 12.1 Å². The number of hydrogen-bond donors (Lipinski definition) is 2. The number of benzene rings is 3. The third kappa shape index (κ3) is 6.84. The second-order valence-corrected chi connectivity index (χ2v) is 9.92. The average molecular weight is 545 g/mol. The largest absolute Gasteiger partial charge is 0.508 e. The van der Waals surface area contributed by atoms with Gasteiger partial charge in [-0.3, -0.25) is 9.59 Å². The number of fused-ring (bicyclic) bond motifs is 1. The smallest absolute Gasteiger partial charge is 0.306 e. The summed E-state index contributed by atoms with van der Waals surface area (Å²) in [6, 6.07) is 16.6. The first-order chi connectivity index (χ1) is 19.4. The molecule has 0 saturated heterocycles. The lowest BCUT2D eigenvalue weighted by atomic mass is 9.86. The number of hydrogen-bond acceptors (Lipinski definition) is 7. The fourth-order valence-electron chi connectivity index (χ4n) is 4.89. The van der Waals surface area contributed by atoms with Gasteiger partial charge in [0.25, 0.3) is 0 Å². The van der Waals surface area contributed by atoms with Crippen molar-refractivity contribution in [1.29, 1.82) is 0 Å². The number of carbonyl (C=O) groups is 1. The van der Waals surface area contributed by atoms with E-state index in [9.17, 15) is 19.8 Å². The Labute approximate surface area is 234 Å². The van der Waals surface area contributed by atoms with Gasteiger partial charge in [-0.25, -0.2) is 0 Å². The molecule has 0 bridgehead atoms. The quantitative estimate of drug-likeness (QED) is 0.134. The number of phenols is 2. The number of rotatable bonds is 13. The van der Waals surface area contributed by atoms with Crippen LogP contribution in [0.4, 0.5) is 0 Å². The summed E-state index contributed by atoms with van der Waals surface area (Å²) in [6.07, 6.45) is 8.37. The van der Waals surface area contributed by atoms with Crippen LogP contribution >= 0.6 is 0 Å². The van der Waals surface area contributed by atoms with E-state index in [2.05, 4.69) is 6.92 Å². The molecule has 0 aliphatic carbocycles. The van der Waals surface area contributed by atoms with E-state index in [-0.39, 0.29) is 34.3 Å². The van der Waals surface area contributed by atoms with Crippen molar-refractivity contribution in [2.75, 3.05) is 13.7 Å². The third-order valence-electron chi connectivity index (χ3n) is 7.13. The van der Waals surface area contributed by atoms with E-state index in [4.69, 9.17) is 13.9 Å². The second-order valence-electron chi connectivity index (χ2n) is 9.92. The molecule has 0 radical (unpaired) electrons. The van der Waals surface area contributed by atoms with Gasteiger partial charge in [0.05, 0.1) is 31.1 Å².